The smallest absolute Gasteiger partial charge is 0.192 e. The molecule has 2 heterocycles. The summed E-state index contributed by atoms with van der Waals surface area (Å²) in [5, 5.41) is 10.7. The van der Waals surface area contributed by atoms with E-state index in [0.717, 1.165) is 22.2 Å². The van der Waals surface area contributed by atoms with Gasteiger partial charge in [-0.25, -0.2) is 0 Å². The summed E-state index contributed by atoms with van der Waals surface area (Å²) in [5.74, 6) is 2.88. The number of rotatable bonds is 8. The SMILES string of the molecule is Cc1ccc(OCc2nnc(SCc3c(Cl)cccc3Cl)n2Cc2ccco2)cc1. The van der Waals surface area contributed by atoms with Crippen LogP contribution in [0.3, 0.4) is 0 Å². The minimum Gasteiger partial charge on any atom is -0.486 e. The van der Waals surface area contributed by atoms with E-state index in [4.69, 9.17) is 32.4 Å². The Bertz CT molecular complexity index is 1090. The molecule has 0 saturated heterocycles. The predicted molar refractivity (Wildman–Crippen MR) is 119 cm³/mol. The molecule has 4 aromatic rings. The highest BCUT2D eigenvalue weighted by Gasteiger charge is 2.16. The predicted octanol–water partition coefficient (Wildman–Crippen LogP) is 6.41. The first kappa shape index (κ1) is 20.8. The molecule has 0 aliphatic rings. The van der Waals surface area contributed by atoms with Crippen molar-refractivity contribution in [3.8, 4) is 5.75 Å². The Balaban J connectivity index is 1.54. The molecule has 5 nitrogen and oxygen atoms in total. The van der Waals surface area contributed by atoms with Gasteiger partial charge in [0.2, 0.25) is 0 Å². The Morgan fingerprint density at radius 1 is 1.00 bits per heavy atom. The van der Waals surface area contributed by atoms with E-state index in [0.29, 0.717) is 34.8 Å². The summed E-state index contributed by atoms with van der Waals surface area (Å²) in [4.78, 5) is 0. The molecule has 0 N–H and O–H groups in total. The highest BCUT2D eigenvalue weighted by Crippen LogP contribution is 2.31. The molecule has 0 radical (unpaired) electrons. The zero-order valence-electron chi connectivity index (χ0n) is 16.2. The summed E-state index contributed by atoms with van der Waals surface area (Å²) in [5.41, 5.74) is 2.05. The van der Waals surface area contributed by atoms with Gasteiger partial charge < -0.3 is 9.15 Å². The monoisotopic (exact) mass is 459 g/mol. The van der Waals surface area contributed by atoms with E-state index < -0.39 is 0 Å². The number of benzene rings is 2. The summed E-state index contributed by atoms with van der Waals surface area (Å²) < 4.78 is 13.4. The molecular formula is C22H19Cl2N3O2S. The Labute approximate surface area is 189 Å². The van der Waals surface area contributed by atoms with Crippen molar-refractivity contribution in [2.75, 3.05) is 0 Å². The van der Waals surface area contributed by atoms with E-state index in [9.17, 15) is 0 Å². The molecule has 0 spiro atoms. The number of aryl methyl sites for hydroxylation is 1. The van der Waals surface area contributed by atoms with Crippen molar-refractivity contribution >= 4 is 35.0 Å². The summed E-state index contributed by atoms with van der Waals surface area (Å²) in [6.45, 7) is 2.84. The number of ether oxygens (including phenoxy) is 1. The quantitative estimate of drug-likeness (QED) is 0.285. The lowest BCUT2D eigenvalue weighted by molar-refractivity contribution is 0.287. The van der Waals surface area contributed by atoms with Crippen molar-refractivity contribution in [1.29, 1.82) is 0 Å². The average molecular weight is 460 g/mol. The number of nitrogens with zero attached hydrogens (tertiary/aromatic N) is 3. The fraction of sp³-hybridized carbons (Fsp3) is 0.182. The van der Waals surface area contributed by atoms with Gasteiger partial charge in [0.05, 0.1) is 12.8 Å². The molecule has 2 aromatic heterocycles. The van der Waals surface area contributed by atoms with Crippen LogP contribution in [-0.4, -0.2) is 14.8 Å². The van der Waals surface area contributed by atoms with Crippen LogP contribution in [0, 0.1) is 6.92 Å². The minimum absolute atomic E-state index is 0.296. The van der Waals surface area contributed by atoms with Gasteiger partial charge >= 0.3 is 0 Å². The molecule has 0 aliphatic heterocycles. The van der Waals surface area contributed by atoms with Crippen LogP contribution in [0.2, 0.25) is 10.0 Å². The zero-order chi connectivity index (χ0) is 20.9. The second kappa shape index (κ2) is 9.60. The Morgan fingerprint density at radius 2 is 1.77 bits per heavy atom. The van der Waals surface area contributed by atoms with Crippen LogP contribution in [0.5, 0.6) is 5.75 Å². The van der Waals surface area contributed by atoms with Crippen LogP contribution in [0.1, 0.15) is 22.7 Å². The second-order valence-electron chi connectivity index (χ2n) is 6.65. The lowest BCUT2D eigenvalue weighted by Gasteiger charge is -2.11. The van der Waals surface area contributed by atoms with Crippen LogP contribution in [-0.2, 0) is 18.9 Å². The topological polar surface area (TPSA) is 53.1 Å². The van der Waals surface area contributed by atoms with Crippen molar-refractivity contribution in [1.82, 2.24) is 14.8 Å². The highest BCUT2D eigenvalue weighted by atomic mass is 35.5. The maximum Gasteiger partial charge on any atom is 0.192 e. The lowest BCUT2D eigenvalue weighted by atomic mass is 10.2. The fourth-order valence-corrected chi connectivity index (χ4v) is 4.54. The van der Waals surface area contributed by atoms with Gasteiger partial charge in [0.1, 0.15) is 18.1 Å². The molecular weight excluding hydrogens is 441 g/mol. The van der Waals surface area contributed by atoms with Gasteiger partial charge in [-0.2, -0.15) is 0 Å². The van der Waals surface area contributed by atoms with Gasteiger partial charge in [-0.05, 0) is 48.9 Å². The van der Waals surface area contributed by atoms with E-state index in [1.165, 1.54) is 17.3 Å². The van der Waals surface area contributed by atoms with Crippen LogP contribution in [0.4, 0.5) is 0 Å². The molecule has 0 atom stereocenters. The van der Waals surface area contributed by atoms with Crippen molar-refractivity contribution in [3.63, 3.8) is 0 Å². The van der Waals surface area contributed by atoms with Gasteiger partial charge in [-0.15, -0.1) is 10.2 Å². The number of hydrogen-bond acceptors (Lipinski definition) is 5. The summed E-state index contributed by atoms with van der Waals surface area (Å²) >= 11 is 14.1. The third kappa shape index (κ3) is 5.01. The maximum atomic E-state index is 6.31. The second-order valence-corrected chi connectivity index (χ2v) is 8.41. The summed E-state index contributed by atoms with van der Waals surface area (Å²) in [6.07, 6.45) is 1.65. The largest absolute Gasteiger partial charge is 0.486 e. The first-order valence-electron chi connectivity index (χ1n) is 9.30. The van der Waals surface area contributed by atoms with Crippen molar-refractivity contribution in [3.05, 3.63) is 93.6 Å². The molecule has 0 aliphatic carbocycles. The van der Waals surface area contributed by atoms with Gasteiger partial charge in [0, 0.05) is 15.8 Å². The van der Waals surface area contributed by atoms with Crippen molar-refractivity contribution in [2.24, 2.45) is 0 Å². The lowest BCUT2D eigenvalue weighted by Crippen LogP contribution is -2.09. The third-order valence-electron chi connectivity index (χ3n) is 4.48. The normalized spacial score (nSPS) is 11.0. The van der Waals surface area contributed by atoms with Crippen LogP contribution in [0.15, 0.2) is 70.4 Å². The number of halogens is 2. The van der Waals surface area contributed by atoms with Gasteiger partial charge in [0.25, 0.3) is 0 Å². The standard InChI is InChI=1S/C22H19Cl2N3O2S/c1-15-7-9-16(10-8-15)29-13-21-25-26-22(27(21)12-17-4-3-11-28-17)30-14-18-19(23)5-2-6-20(18)24/h2-11H,12-14H2,1H3. The molecule has 154 valence electrons. The molecule has 2 aromatic carbocycles. The summed E-state index contributed by atoms with van der Waals surface area (Å²) in [7, 11) is 0. The van der Waals surface area contributed by atoms with E-state index in [1.807, 2.05) is 66.1 Å². The van der Waals surface area contributed by atoms with E-state index in [2.05, 4.69) is 10.2 Å². The number of thioether (sulfide) groups is 1. The fourth-order valence-electron chi connectivity index (χ4n) is 2.84. The number of hydrogen-bond donors (Lipinski definition) is 0. The van der Waals surface area contributed by atoms with E-state index in [-0.39, 0.29) is 0 Å². The van der Waals surface area contributed by atoms with Gasteiger partial charge in [-0.3, -0.25) is 4.57 Å². The summed E-state index contributed by atoms with van der Waals surface area (Å²) in [6, 6.07) is 17.2. The molecule has 0 amide bonds. The Kier molecular flexibility index (Phi) is 6.67. The Morgan fingerprint density at radius 3 is 2.47 bits per heavy atom. The molecule has 0 fully saturated rings. The zero-order valence-corrected chi connectivity index (χ0v) is 18.5. The molecule has 0 saturated carbocycles. The van der Waals surface area contributed by atoms with Crippen LogP contribution in [0.25, 0.3) is 0 Å². The highest BCUT2D eigenvalue weighted by molar-refractivity contribution is 7.98. The maximum absolute atomic E-state index is 6.31. The van der Waals surface area contributed by atoms with Gasteiger partial charge in [-0.1, -0.05) is 58.7 Å². The molecule has 0 bridgehead atoms. The Hall–Kier alpha value is -2.41. The van der Waals surface area contributed by atoms with Crippen LogP contribution >= 0.6 is 35.0 Å². The molecule has 30 heavy (non-hydrogen) atoms. The molecule has 8 heteroatoms. The first-order chi connectivity index (χ1) is 14.6. The van der Waals surface area contributed by atoms with Gasteiger partial charge in [0.15, 0.2) is 11.0 Å². The number of aromatic nitrogens is 3. The first-order valence-corrected chi connectivity index (χ1v) is 11.0. The minimum atomic E-state index is 0.296. The van der Waals surface area contributed by atoms with Crippen molar-refractivity contribution < 1.29 is 9.15 Å². The average Bonchev–Trinajstić information content (AvgIpc) is 3.38. The number of furan rings is 1. The van der Waals surface area contributed by atoms with Crippen LogP contribution < -0.4 is 4.74 Å². The molecule has 0 unspecified atom stereocenters. The van der Waals surface area contributed by atoms with Crippen molar-refractivity contribution in [2.45, 2.75) is 31.0 Å². The van der Waals surface area contributed by atoms with E-state index in [1.54, 1.807) is 6.26 Å². The third-order valence-corrected chi connectivity index (χ3v) is 6.19. The molecule has 4 rings (SSSR count). The van der Waals surface area contributed by atoms with E-state index >= 15 is 0 Å².